The van der Waals surface area contributed by atoms with E-state index in [4.69, 9.17) is 25.7 Å². The van der Waals surface area contributed by atoms with Crippen LogP contribution in [0.4, 0.5) is 0 Å². The van der Waals surface area contributed by atoms with Crippen molar-refractivity contribution in [1.29, 1.82) is 0 Å². The lowest BCUT2D eigenvalue weighted by molar-refractivity contribution is -0.269. The number of aliphatic hydroxyl groups excluding tert-OH is 2. The Morgan fingerprint density at radius 3 is 1.53 bits per heavy atom. The Labute approximate surface area is 386 Å². The zero-order valence-corrected chi connectivity index (χ0v) is 40.6. The van der Waals surface area contributed by atoms with E-state index in [0.717, 1.165) is 43.4 Å². The van der Waals surface area contributed by atoms with Crippen molar-refractivity contribution in [1.82, 2.24) is 10.2 Å². The molecule has 0 bridgehead atoms. The number of nitrogens with two attached hydrogens (primary N) is 2. The predicted molar refractivity (Wildman–Crippen MR) is 250 cm³/mol. The van der Waals surface area contributed by atoms with Gasteiger partial charge in [0.25, 0.3) is 0 Å². The van der Waals surface area contributed by atoms with Gasteiger partial charge in [0, 0.05) is 19.9 Å². The largest absolute Gasteiger partial charge is 0.481 e. The molecule has 1 fully saturated rings. The van der Waals surface area contributed by atoms with Gasteiger partial charge in [-0.15, -0.1) is 0 Å². The number of esters is 1. The minimum Gasteiger partial charge on any atom is -0.481 e. The molecule has 8 N–H and O–H groups in total. The lowest BCUT2D eigenvalue weighted by atomic mass is 9.93. The summed E-state index contributed by atoms with van der Waals surface area (Å²) < 4.78 is 17.7. The van der Waals surface area contributed by atoms with Crippen molar-refractivity contribution >= 4 is 29.7 Å². The number of hydrogen-bond acceptors (Lipinski definition) is 11. The second kappa shape index (κ2) is 36.3. The molecular weight excluding hydrogens is 821 g/mol. The second-order valence-electron chi connectivity index (χ2n) is 18.5. The molecule has 15 nitrogen and oxygen atoms in total. The third kappa shape index (κ3) is 26.3. The van der Waals surface area contributed by atoms with Crippen molar-refractivity contribution in [2.45, 2.75) is 263 Å². The number of primary amides is 1. The molecule has 0 saturated carbocycles. The molecule has 0 aliphatic carbocycles. The van der Waals surface area contributed by atoms with Crippen molar-refractivity contribution in [3.63, 3.8) is 0 Å². The quantitative estimate of drug-likeness (QED) is 0.0258. The zero-order chi connectivity index (χ0) is 47.7. The average Bonchev–Trinajstić information content (AvgIpc) is 3.24. The van der Waals surface area contributed by atoms with Crippen molar-refractivity contribution in [3.05, 3.63) is 0 Å². The number of nitrogens with one attached hydrogen (secondary N) is 1. The first kappa shape index (κ1) is 59.2. The number of carbonyl (C=O) groups excluding carboxylic acids is 4. The number of unbranched alkanes of at least 4 members (excludes halogenated alkanes) is 22. The summed E-state index contributed by atoms with van der Waals surface area (Å²) in [5, 5.41) is 34.5. The van der Waals surface area contributed by atoms with Crippen LogP contribution in [0.15, 0.2) is 0 Å². The number of ether oxygens (including phenoxy) is 3. The first-order valence-corrected chi connectivity index (χ1v) is 25.3. The molecule has 1 rings (SSSR count). The Balaban J connectivity index is 2.96. The molecule has 3 amide bonds. The molecule has 374 valence electrons. The maximum Gasteiger partial charge on any atom is 0.309 e. The summed E-state index contributed by atoms with van der Waals surface area (Å²) >= 11 is 0. The molecular formula is C49H92N4O11. The Kier molecular flexibility index (Phi) is 33.6. The van der Waals surface area contributed by atoms with Crippen LogP contribution >= 0.6 is 0 Å². The highest BCUT2D eigenvalue weighted by atomic mass is 16.6. The number of carboxylic acid groups (broad SMARTS) is 1. The SMILES string of the molecule is CCCCCCCCCCCCCCC(CCCCCCCCCCCCCC)C(=O)OC[C@H]1O[C@H](O)[C@H](NC(C)=O)[C@@H](OC(C)CN(C(=O)[C@H](C)N)[C@H](CCC(=O)O)C(N)=O)[C@@H]1O. The topological polar surface area (TPSA) is 241 Å². The molecule has 0 aromatic rings. The van der Waals surface area contributed by atoms with E-state index in [1.54, 1.807) is 6.92 Å². The van der Waals surface area contributed by atoms with Crippen molar-refractivity contribution < 1.29 is 53.5 Å². The molecule has 1 aliphatic rings. The summed E-state index contributed by atoms with van der Waals surface area (Å²) in [5.74, 6) is -4.03. The highest BCUT2D eigenvalue weighted by molar-refractivity contribution is 5.89. The molecule has 0 radical (unpaired) electrons. The number of nitrogens with zero attached hydrogens (tertiary/aromatic N) is 1. The first-order chi connectivity index (χ1) is 30.6. The van der Waals surface area contributed by atoms with E-state index in [-0.39, 0.29) is 31.5 Å². The molecule has 1 unspecified atom stereocenters. The number of amides is 3. The van der Waals surface area contributed by atoms with Gasteiger partial charge in [0.2, 0.25) is 17.7 Å². The lowest BCUT2D eigenvalue weighted by Crippen LogP contribution is -2.66. The van der Waals surface area contributed by atoms with E-state index in [2.05, 4.69) is 19.2 Å². The number of rotatable bonds is 40. The van der Waals surface area contributed by atoms with Crippen molar-refractivity contribution in [3.8, 4) is 0 Å². The van der Waals surface area contributed by atoms with Gasteiger partial charge in [-0.25, -0.2) is 0 Å². The van der Waals surface area contributed by atoms with E-state index in [1.165, 1.54) is 129 Å². The molecule has 8 atom stereocenters. The molecule has 0 aromatic heterocycles. The van der Waals surface area contributed by atoms with E-state index in [1.807, 2.05) is 0 Å². The lowest BCUT2D eigenvalue weighted by Gasteiger charge is -2.44. The molecule has 0 aromatic carbocycles. The van der Waals surface area contributed by atoms with Gasteiger partial charge in [0.15, 0.2) is 6.29 Å². The standard InChI is InChI=1S/C49H92N4O11/c1-6-8-10-12-14-16-18-20-22-24-26-28-30-39(31-29-27-25-23-21-19-17-15-13-11-9-7-2)48(60)62-35-41-44(57)45(43(49(61)64-41)52-38(5)54)63-36(3)34-53(47(59)37(4)50)40(46(51)58)32-33-42(55)56/h36-37,39-41,43-45,49,57,61H,6-35,50H2,1-5H3,(H2,51,58)(H,52,54)(H,55,56)/t36?,37-,40+,41+,43+,44+,45+,49-/m0/s1. The van der Waals surface area contributed by atoms with Gasteiger partial charge in [-0.1, -0.05) is 168 Å². The van der Waals surface area contributed by atoms with Crippen LogP contribution < -0.4 is 16.8 Å². The predicted octanol–water partition coefficient (Wildman–Crippen LogP) is 7.58. The second-order valence-corrected chi connectivity index (χ2v) is 18.5. The number of hydrogen-bond donors (Lipinski definition) is 6. The van der Waals surface area contributed by atoms with Gasteiger partial charge in [0.05, 0.1) is 18.1 Å². The molecule has 15 heteroatoms. The molecule has 1 heterocycles. The van der Waals surface area contributed by atoms with E-state index in [0.29, 0.717) is 12.8 Å². The molecule has 64 heavy (non-hydrogen) atoms. The maximum atomic E-state index is 13.7. The van der Waals surface area contributed by atoms with Crippen LogP contribution in [-0.4, -0.2) is 112 Å². The molecule has 1 aliphatic heterocycles. The Hall–Kier alpha value is -2.85. The van der Waals surface area contributed by atoms with Gasteiger partial charge in [0.1, 0.15) is 37.0 Å². The van der Waals surface area contributed by atoms with Crippen LogP contribution in [0.1, 0.15) is 214 Å². The first-order valence-electron chi connectivity index (χ1n) is 25.3. The Morgan fingerprint density at radius 2 is 1.14 bits per heavy atom. The smallest absolute Gasteiger partial charge is 0.309 e. The van der Waals surface area contributed by atoms with E-state index >= 15 is 0 Å². The Morgan fingerprint density at radius 1 is 0.703 bits per heavy atom. The summed E-state index contributed by atoms with van der Waals surface area (Å²) in [5.41, 5.74) is 11.5. The fourth-order valence-electron chi connectivity index (χ4n) is 8.68. The monoisotopic (exact) mass is 913 g/mol. The number of carboxylic acids is 1. The minimum atomic E-state index is -1.66. The number of carbonyl (C=O) groups is 5. The van der Waals surface area contributed by atoms with Crippen LogP contribution in [0.5, 0.6) is 0 Å². The zero-order valence-electron chi connectivity index (χ0n) is 40.6. The highest BCUT2D eigenvalue weighted by Crippen LogP contribution is 2.27. The normalized spacial score (nSPS) is 20.1. The van der Waals surface area contributed by atoms with Crippen LogP contribution in [0.3, 0.4) is 0 Å². The molecule has 0 spiro atoms. The number of aliphatic hydroxyl groups is 2. The maximum absolute atomic E-state index is 13.7. The van der Waals surface area contributed by atoms with Gasteiger partial charge in [-0.05, 0) is 33.1 Å². The third-order valence-electron chi connectivity index (χ3n) is 12.5. The van der Waals surface area contributed by atoms with E-state index in [9.17, 15) is 39.3 Å². The van der Waals surface area contributed by atoms with Gasteiger partial charge >= 0.3 is 11.9 Å². The summed E-state index contributed by atoms with van der Waals surface area (Å²) in [6.45, 7) is 7.99. The van der Waals surface area contributed by atoms with Crippen LogP contribution in [-0.2, 0) is 38.2 Å². The summed E-state index contributed by atoms with van der Waals surface area (Å²) in [6.07, 6.45) is 23.4. The summed E-state index contributed by atoms with van der Waals surface area (Å²) in [7, 11) is 0. The minimum absolute atomic E-state index is 0.268. The fraction of sp³-hybridized carbons (Fsp3) is 0.898. The van der Waals surface area contributed by atoms with Crippen LogP contribution in [0, 0.1) is 5.92 Å². The number of aliphatic carboxylic acids is 1. The van der Waals surface area contributed by atoms with Crippen molar-refractivity contribution in [2.24, 2.45) is 17.4 Å². The third-order valence-corrected chi connectivity index (χ3v) is 12.5. The summed E-state index contributed by atoms with van der Waals surface area (Å²) in [6, 6.07) is -3.64. The van der Waals surface area contributed by atoms with Gasteiger partial charge in [-0.2, -0.15) is 0 Å². The Bertz CT molecular complexity index is 1250. The average molecular weight is 913 g/mol. The van der Waals surface area contributed by atoms with Gasteiger partial charge in [-0.3, -0.25) is 24.0 Å². The summed E-state index contributed by atoms with van der Waals surface area (Å²) in [4.78, 5) is 63.9. The van der Waals surface area contributed by atoms with Crippen LogP contribution in [0.2, 0.25) is 0 Å². The van der Waals surface area contributed by atoms with Crippen molar-refractivity contribution in [2.75, 3.05) is 13.2 Å². The van der Waals surface area contributed by atoms with E-state index < -0.39 is 78.9 Å². The van der Waals surface area contributed by atoms with Crippen LogP contribution in [0.25, 0.3) is 0 Å². The molecule has 1 saturated heterocycles. The van der Waals surface area contributed by atoms with Gasteiger partial charge < -0.3 is 51.2 Å². The fourth-order valence-corrected chi connectivity index (χ4v) is 8.68. The highest BCUT2D eigenvalue weighted by Gasteiger charge is 2.47.